The first-order valence-corrected chi connectivity index (χ1v) is 6.26. The summed E-state index contributed by atoms with van der Waals surface area (Å²) in [5.41, 5.74) is 3.19. The molecule has 3 rings (SSSR count). The van der Waals surface area contributed by atoms with Gasteiger partial charge in [0.15, 0.2) is 5.82 Å². The number of fused-ring (bicyclic) bond motifs is 1. The number of nitrogens with zero attached hydrogens (tertiary/aromatic N) is 5. The van der Waals surface area contributed by atoms with Crippen molar-refractivity contribution in [3.8, 4) is 0 Å². The van der Waals surface area contributed by atoms with E-state index in [9.17, 15) is 0 Å². The monoisotopic (exact) mass is 256 g/mol. The quantitative estimate of drug-likeness (QED) is 0.767. The maximum Gasteiger partial charge on any atom is 0.152 e. The van der Waals surface area contributed by atoms with E-state index in [1.54, 1.807) is 6.20 Å². The fourth-order valence-electron chi connectivity index (χ4n) is 2.14. The van der Waals surface area contributed by atoms with Crippen LogP contribution in [0.25, 0.3) is 5.52 Å². The predicted octanol–water partition coefficient (Wildman–Crippen LogP) is 1.43. The highest BCUT2D eigenvalue weighted by molar-refractivity contribution is 5.67. The van der Waals surface area contributed by atoms with Crippen molar-refractivity contribution in [2.45, 2.75) is 13.3 Å². The molecule has 6 heteroatoms. The van der Waals surface area contributed by atoms with Gasteiger partial charge in [0.05, 0.1) is 5.69 Å². The van der Waals surface area contributed by atoms with E-state index < -0.39 is 0 Å². The molecule has 3 aromatic rings. The Morgan fingerprint density at radius 1 is 1.32 bits per heavy atom. The molecule has 3 heterocycles. The normalized spacial score (nSPS) is 11.1. The zero-order valence-corrected chi connectivity index (χ0v) is 11.0. The zero-order chi connectivity index (χ0) is 13.2. The summed E-state index contributed by atoms with van der Waals surface area (Å²) in [5, 5.41) is 11.9. The van der Waals surface area contributed by atoms with E-state index in [-0.39, 0.29) is 0 Å². The number of aromatic nitrogens is 5. The fourth-order valence-corrected chi connectivity index (χ4v) is 2.14. The molecule has 3 aromatic heterocycles. The third kappa shape index (κ3) is 2.29. The molecular weight excluding hydrogens is 240 g/mol. The Balaban J connectivity index is 1.73. The van der Waals surface area contributed by atoms with E-state index in [1.807, 2.05) is 47.7 Å². The second-order valence-electron chi connectivity index (χ2n) is 4.51. The molecule has 0 aliphatic heterocycles. The minimum Gasteiger partial charge on any atom is -0.368 e. The van der Waals surface area contributed by atoms with Crippen LogP contribution in [-0.2, 0) is 13.5 Å². The van der Waals surface area contributed by atoms with Gasteiger partial charge in [-0.2, -0.15) is 10.2 Å². The van der Waals surface area contributed by atoms with E-state index in [2.05, 4.69) is 20.5 Å². The number of anilines is 1. The molecule has 0 aromatic carbocycles. The summed E-state index contributed by atoms with van der Waals surface area (Å²) >= 11 is 0. The molecule has 0 spiro atoms. The maximum absolute atomic E-state index is 4.37. The van der Waals surface area contributed by atoms with Crippen molar-refractivity contribution in [1.82, 2.24) is 24.4 Å². The van der Waals surface area contributed by atoms with Gasteiger partial charge in [0.1, 0.15) is 5.52 Å². The van der Waals surface area contributed by atoms with Gasteiger partial charge in [0.25, 0.3) is 0 Å². The topological polar surface area (TPSA) is 60.0 Å². The second-order valence-corrected chi connectivity index (χ2v) is 4.51. The van der Waals surface area contributed by atoms with E-state index in [1.165, 1.54) is 5.69 Å². The maximum atomic E-state index is 4.37. The molecule has 0 radical (unpaired) electrons. The molecule has 6 nitrogen and oxygen atoms in total. The van der Waals surface area contributed by atoms with Crippen LogP contribution in [0.15, 0.2) is 30.7 Å². The fraction of sp³-hybridized carbons (Fsp3) is 0.308. The minimum atomic E-state index is 0.816. The highest BCUT2D eigenvalue weighted by Gasteiger charge is 2.05. The standard InChI is InChI=1S/C13H16N6/c1-10-9-12-13(15-7-8-19(12)17-10)14-5-3-11-4-6-16-18(11)2/h4,6-9H,3,5H2,1-2H3,(H,14,15). The number of aryl methyl sites for hydroxylation is 2. The predicted molar refractivity (Wildman–Crippen MR) is 73.1 cm³/mol. The van der Waals surface area contributed by atoms with Crippen molar-refractivity contribution >= 4 is 11.3 Å². The number of rotatable bonds is 4. The molecule has 0 aliphatic carbocycles. The van der Waals surface area contributed by atoms with E-state index in [4.69, 9.17) is 0 Å². The Morgan fingerprint density at radius 3 is 3.00 bits per heavy atom. The Bertz CT molecular complexity index is 696. The molecule has 0 unspecified atom stereocenters. The van der Waals surface area contributed by atoms with Crippen molar-refractivity contribution in [2.24, 2.45) is 7.05 Å². The van der Waals surface area contributed by atoms with Gasteiger partial charge in [-0.25, -0.2) is 9.50 Å². The summed E-state index contributed by atoms with van der Waals surface area (Å²) < 4.78 is 3.73. The molecule has 0 aliphatic rings. The summed E-state index contributed by atoms with van der Waals surface area (Å²) in [6, 6.07) is 4.05. The van der Waals surface area contributed by atoms with Gasteiger partial charge < -0.3 is 5.32 Å². The van der Waals surface area contributed by atoms with Gasteiger partial charge in [-0.1, -0.05) is 0 Å². The van der Waals surface area contributed by atoms with Gasteiger partial charge in [-0.3, -0.25) is 4.68 Å². The molecule has 98 valence electrons. The lowest BCUT2D eigenvalue weighted by atomic mass is 10.3. The number of hydrogen-bond donors (Lipinski definition) is 1. The number of nitrogens with one attached hydrogen (secondary N) is 1. The van der Waals surface area contributed by atoms with Crippen LogP contribution in [0.4, 0.5) is 5.82 Å². The molecule has 19 heavy (non-hydrogen) atoms. The van der Waals surface area contributed by atoms with Crippen LogP contribution >= 0.6 is 0 Å². The first-order chi connectivity index (χ1) is 9.24. The van der Waals surface area contributed by atoms with E-state index >= 15 is 0 Å². The van der Waals surface area contributed by atoms with Gasteiger partial charge in [0.2, 0.25) is 0 Å². The Kier molecular flexibility index (Phi) is 2.91. The van der Waals surface area contributed by atoms with Gasteiger partial charge in [0, 0.05) is 44.3 Å². The SMILES string of the molecule is Cc1cc2c(NCCc3ccnn3C)nccn2n1. The second kappa shape index (κ2) is 4.72. The summed E-state index contributed by atoms with van der Waals surface area (Å²) in [6.07, 6.45) is 6.33. The molecule has 0 atom stereocenters. The minimum absolute atomic E-state index is 0.816. The molecule has 0 bridgehead atoms. The molecule has 0 fully saturated rings. The average molecular weight is 256 g/mol. The van der Waals surface area contributed by atoms with Crippen LogP contribution in [0.3, 0.4) is 0 Å². The lowest BCUT2D eigenvalue weighted by molar-refractivity contribution is 0.711. The van der Waals surface area contributed by atoms with Crippen LogP contribution in [0.5, 0.6) is 0 Å². The summed E-state index contributed by atoms with van der Waals surface area (Å²) in [4.78, 5) is 4.37. The average Bonchev–Trinajstić information content (AvgIpc) is 2.95. The van der Waals surface area contributed by atoms with Crippen LogP contribution < -0.4 is 5.32 Å². The highest BCUT2D eigenvalue weighted by atomic mass is 15.3. The van der Waals surface area contributed by atoms with Crippen LogP contribution in [-0.4, -0.2) is 30.9 Å². The van der Waals surface area contributed by atoms with Crippen LogP contribution in [0.2, 0.25) is 0 Å². The Labute approximate surface area is 111 Å². The van der Waals surface area contributed by atoms with Crippen molar-refractivity contribution in [3.63, 3.8) is 0 Å². The van der Waals surface area contributed by atoms with Crippen LogP contribution in [0, 0.1) is 6.92 Å². The summed E-state index contributed by atoms with van der Waals surface area (Å²) in [7, 11) is 1.95. The molecule has 0 saturated carbocycles. The molecule has 1 N–H and O–H groups in total. The third-order valence-electron chi connectivity index (χ3n) is 3.11. The van der Waals surface area contributed by atoms with Crippen molar-refractivity contribution in [1.29, 1.82) is 0 Å². The first kappa shape index (κ1) is 11.7. The lowest BCUT2D eigenvalue weighted by Gasteiger charge is -2.07. The smallest absolute Gasteiger partial charge is 0.152 e. The van der Waals surface area contributed by atoms with Gasteiger partial charge >= 0.3 is 0 Å². The third-order valence-corrected chi connectivity index (χ3v) is 3.11. The van der Waals surface area contributed by atoms with E-state index in [0.29, 0.717) is 0 Å². The lowest BCUT2D eigenvalue weighted by Crippen LogP contribution is -2.10. The summed E-state index contributed by atoms with van der Waals surface area (Å²) in [5.74, 6) is 0.866. The van der Waals surface area contributed by atoms with E-state index in [0.717, 1.165) is 30.0 Å². The first-order valence-electron chi connectivity index (χ1n) is 6.26. The largest absolute Gasteiger partial charge is 0.368 e. The Morgan fingerprint density at radius 2 is 2.21 bits per heavy atom. The molecule has 0 amide bonds. The molecular formula is C13H16N6. The Hall–Kier alpha value is -2.37. The number of hydrogen-bond acceptors (Lipinski definition) is 4. The van der Waals surface area contributed by atoms with Crippen molar-refractivity contribution < 1.29 is 0 Å². The van der Waals surface area contributed by atoms with Gasteiger partial charge in [-0.15, -0.1) is 0 Å². The highest BCUT2D eigenvalue weighted by Crippen LogP contribution is 2.14. The zero-order valence-electron chi connectivity index (χ0n) is 11.0. The van der Waals surface area contributed by atoms with Crippen LogP contribution in [0.1, 0.15) is 11.4 Å². The molecule has 0 saturated heterocycles. The summed E-state index contributed by atoms with van der Waals surface area (Å²) in [6.45, 7) is 2.79. The van der Waals surface area contributed by atoms with Crippen molar-refractivity contribution in [3.05, 3.63) is 42.1 Å². The van der Waals surface area contributed by atoms with Crippen molar-refractivity contribution in [2.75, 3.05) is 11.9 Å². The van der Waals surface area contributed by atoms with Gasteiger partial charge in [-0.05, 0) is 19.1 Å².